The first-order chi connectivity index (χ1) is 11.7. The van der Waals surface area contributed by atoms with E-state index in [1.807, 2.05) is 13.8 Å². The van der Waals surface area contributed by atoms with Gasteiger partial charge >= 0.3 is 0 Å². The molecule has 1 aromatic carbocycles. The fourth-order valence-corrected chi connectivity index (χ4v) is 3.93. The van der Waals surface area contributed by atoms with Gasteiger partial charge in [-0.15, -0.1) is 0 Å². The monoisotopic (exact) mass is 327 g/mol. The molecule has 24 heavy (non-hydrogen) atoms. The van der Waals surface area contributed by atoms with E-state index in [1.54, 1.807) is 0 Å². The lowest BCUT2D eigenvalue weighted by atomic mass is 10.1. The minimum Gasteiger partial charge on any atom is -0.374 e. The lowest BCUT2D eigenvalue weighted by molar-refractivity contribution is -0.0504. The van der Waals surface area contributed by atoms with Crippen LogP contribution in [0.5, 0.6) is 0 Å². The highest BCUT2D eigenvalue weighted by Crippen LogP contribution is 2.26. The third kappa shape index (κ3) is 3.11. The van der Waals surface area contributed by atoms with Crippen LogP contribution in [0.25, 0.3) is 0 Å². The second-order valence-electron chi connectivity index (χ2n) is 6.93. The fraction of sp³-hybridized carbons (Fsp3) is 0.526. The van der Waals surface area contributed by atoms with Gasteiger partial charge in [-0.3, -0.25) is 9.80 Å². The van der Waals surface area contributed by atoms with Gasteiger partial charge in [0.25, 0.3) is 0 Å². The number of benzene rings is 1. The Labute approximate surface area is 143 Å². The Morgan fingerprint density at radius 2 is 1.96 bits per heavy atom. The van der Waals surface area contributed by atoms with Crippen molar-refractivity contribution in [3.05, 3.63) is 52.9 Å². The Kier molecular flexibility index (Phi) is 4.39. The number of hydrogen-bond acceptors (Lipinski definition) is 5. The first-order valence-corrected chi connectivity index (χ1v) is 8.74. The van der Waals surface area contributed by atoms with Gasteiger partial charge in [-0.2, -0.15) is 0 Å². The van der Waals surface area contributed by atoms with E-state index < -0.39 is 0 Å². The highest BCUT2D eigenvalue weighted by molar-refractivity contribution is 5.21. The van der Waals surface area contributed by atoms with Crippen LogP contribution >= 0.6 is 0 Å². The zero-order valence-electron chi connectivity index (χ0n) is 14.4. The molecule has 2 aliphatic rings. The van der Waals surface area contributed by atoms with Crippen molar-refractivity contribution in [2.24, 2.45) is 0 Å². The van der Waals surface area contributed by atoms with Crippen molar-refractivity contribution in [2.75, 3.05) is 26.2 Å². The van der Waals surface area contributed by atoms with E-state index in [0.717, 1.165) is 50.8 Å². The second-order valence-corrected chi connectivity index (χ2v) is 6.93. The van der Waals surface area contributed by atoms with Crippen LogP contribution in [-0.4, -0.2) is 53.3 Å². The van der Waals surface area contributed by atoms with Crippen LogP contribution in [0.15, 0.2) is 34.9 Å². The number of fused-ring (bicyclic) bond motifs is 1. The lowest BCUT2D eigenvalue weighted by Gasteiger charge is -2.37. The molecule has 0 aliphatic carbocycles. The molecular weight excluding hydrogens is 302 g/mol. The van der Waals surface area contributed by atoms with Crippen molar-refractivity contribution >= 4 is 0 Å². The predicted molar refractivity (Wildman–Crippen MR) is 91.6 cm³/mol. The fourth-order valence-electron chi connectivity index (χ4n) is 3.93. The molecule has 128 valence electrons. The Morgan fingerprint density at radius 3 is 2.71 bits per heavy atom. The van der Waals surface area contributed by atoms with Crippen LogP contribution in [0.3, 0.4) is 0 Å². The van der Waals surface area contributed by atoms with E-state index in [-0.39, 0.29) is 0 Å². The summed E-state index contributed by atoms with van der Waals surface area (Å²) in [7, 11) is 0. The molecule has 5 nitrogen and oxygen atoms in total. The predicted octanol–water partition coefficient (Wildman–Crippen LogP) is 2.38. The number of nitrogens with zero attached hydrogens (tertiary/aromatic N) is 3. The molecule has 4 rings (SSSR count). The Balaban J connectivity index is 1.44. The summed E-state index contributed by atoms with van der Waals surface area (Å²) >= 11 is 0. The average Bonchev–Trinajstić information content (AvgIpc) is 3.15. The zero-order valence-corrected chi connectivity index (χ0v) is 14.4. The molecule has 2 aliphatic heterocycles. The molecule has 2 saturated heterocycles. The number of ether oxygens (including phenoxy) is 1. The quantitative estimate of drug-likeness (QED) is 0.862. The van der Waals surface area contributed by atoms with E-state index in [0.29, 0.717) is 12.1 Å². The molecule has 2 fully saturated rings. The van der Waals surface area contributed by atoms with Gasteiger partial charge in [0.05, 0.1) is 24.4 Å². The number of likely N-dealkylation sites (tertiary alicyclic amines) is 1. The molecule has 2 aromatic rings. The minimum atomic E-state index is 0.308. The molecule has 0 N–H and O–H groups in total. The number of hydrogen-bond donors (Lipinski definition) is 0. The first kappa shape index (κ1) is 15.8. The van der Waals surface area contributed by atoms with Crippen molar-refractivity contribution in [1.82, 2.24) is 15.0 Å². The van der Waals surface area contributed by atoms with Gasteiger partial charge in [0.2, 0.25) is 0 Å². The molecule has 2 atom stereocenters. The van der Waals surface area contributed by atoms with E-state index in [2.05, 4.69) is 45.3 Å². The Bertz CT molecular complexity index is 666. The highest BCUT2D eigenvalue weighted by Gasteiger charge is 2.40. The standard InChI is InChI=1S/C19H25N3O2/c1-14-17(15(2)24-20-14)11-21-12-18-19(13-21)23-9-8-22(18)10-16-6-4-3-5-7-16/h3-7,18-19H,8-13H2,1-2H3/t18-,19+/m0/s1. The summed E-state index contributed by atoms with van der Waals surface area (Å²) < 4.78 is 11.4. The van der Waals surface area contributed by atoms with E-state index in [1.165, 1.54) is 11.1 Å². The molecule has 0 saturated carbocycles. The molecule has 0 spiro atoms. The number of aromatic nitrogens is 1. The van der Waals surface area contributed by atoms with Crippen molar-refractivity contribution in [1.29, 1.82) is 0 Å². The maximum absolute atomic E-state index is 6.06. The van der Waals surface area contributed by atoms with Crippen LogP contribution in [0.2, 0.25) is 0 Å². The van der Waals surface area contributed by atoms with E-state index >= 15 is 0 Å². The van der Waals surface area contributed by atoms with Crippen molar-refractivity contribution < 1.29 is 9.26 Å². The summed E-state index contributed by atoms with van der Waals surface area (Å²) in [5.41, 5.74) is 3.61. The van der Waals surface area contributed by atoms with Gasteiger partial charge in [0.1, 0.15) is 5.76 Å². The number of morpholine rings is 1. The smallest absolute Gasteiger partial charge is 0.138 e. The Morgan fingerprint density at radius 1 is 1.12 bits per heavy atom. The topological polar surface area (TPSA) is 41.7 Å². The largest absolute Gasteiger partial charge is 0.374 e. The van der Waals surface area contributed by atoms with E-state index in [9.17, 15) is 0 Å². The summed E-state index contributed by atoms with van der Waals surface area (Å²) in [5.74, 6) is 0.935. The second kappa shape index (κ2) is 6.67. The summed E-state index contributed by atoms with van der Waals surface area (Å²) in [5, 5.41) is 4.08. The molecule has 1 aromatic heterocycles. The third-order valence-electron chi connectivity index (χ3n) is 5.28. The zero-order chi connectivity index (χ0) is 16.5. The van der Waals surface area contributed by atoms with Crippen LogP contribution in [-0.2, 0) is 17.8 Å². The van der Waals surface area contributed by atoms with Crippen LogP contribution in [0.4, 0.5) is 0 Å². The summed E-state index contributed by atoms with van der Waals surface area (Å²) in [6.45, 7) is 9.79. The molecule has 0 bridgehead atoms. The van der Waals surface area contributed by atoms with Crippen LogP contribution in [0.1, 0.15) is 22.6 Å². The molecule has 0 amide bonds. The van der Waals surface area contributed by atoms with Gasteiger partial charge in [0, 0.05) is 38.3 Å². The number of aryl methyl sites for hydroxylation is 2. The average molecular weight is 327 g/mol. The van der Waals surface area contributed by atoms with Gasteiger partial charge in [-0.05, 0) is 19.4 Å². The van der Waals surface area contributed by atoms with Gasteiger partial charge < -0.3 is 9.26 Å². The van der Waals surface area contributed by atoms with Crippen molar-refractivity contribution in [3.8, 4) is 0 Å². The SMILES string of the molecule is Cc1noc(C)c1CN1C[C@H]2OCCN(Cc3ccccc3)[C@H]2C1. The van der Waals surface area contributed by atoms with Crippen molar-refractivity contribution in [2.45, 2.75) is 39.1 Å². The molecule has 5 heteroatoms. The van der Waals surface area contributed by atoms with Crippen molar-refractivity contribution in [3.63, 3.8) is 0 Å². The van der Waals surface area contributed by atoms with Gasteiger partial charge in [-0.1, -0.05) is 35.5 Å². The van der Waals surface area contributed by atoms with Crippen LogP contribution in [0, 0.1) is 13.8 Å². The molecule has 0 unspecified atom stereocenters. The third-order valence-corrected chi connectivity index (χ3v) is 5.28. The van der Waals surface area contributed by atoms with Gasteiger partial charge in [-0.25, -0.2) is 0 Å². The Hall–Kier alpha value is -1.69. The minimum absolute atomic E-state index is 0.308. The highest BCUT2D eigenvalue weighted by atomic mass is 16.5. The first-order valence-electron chi connectivity index (χ1n) is 8.74. The summed E-state index contributed by atoms with van der Waals surface area (Å²) in [6, 6.07) is 11.2. The maximum Gasteiger partial charge on any atom is 0.138 e. The summed E-state index contributed by atoms with van der Waals surface area (Å²) in [4.78, 5) is 5.06. The summed E-state index contributed by atoms with van der Waals surface area (Å²) in [6.07, 6.45) is 0.308. The molecule has 0 radical (unpaired) electrons. The molecule has 3 heterocycles. The number of rotatable bonds is 4. The molecular formula is C19H25N3O2. The van der Waals surface area contributed by atoms with E-state index in [4.69, 9.17) is 9.26 Å². The van der Waals surface area contributed by atoms with Crippen LogP contribution < -0.4 is 0 Å². The maximum atomic E-state index is 6.06. The van der Waals surface area contributed by atoms with Gasteiger partial charge in [0.15, 0.2) is 0 Å². The normalized spacial score (nSPS) is 25.1. The lowest BCUT2D eigenvalue weighted by Crippen LogP contribution is -2.50.